The lowest BCUT2D eigenvalue weighted by Gasteiger charge is -2.22. The zero-order valence-corrected chi connectivity index (χ0v) is 14.7. The molecule has 25 heavy (non-hydrogen) atoms. The Morgan fingerprint density at radius 1 is 1.20 bits per heavy atom. The predicted octanol–water partition coefficient (Wildman–Crippen LogP) is 4.25. The Hall–Kier alpha value is -2.51. The second-order valence-electron chi connectivity index (χ2n) is 6.27. The van der Waals surface area contributed by atoms with Gasteiger partial charge < -0.3 is 10.1 Å². The molecule has 1 N–H and O–H groups in total. The van der Waals surface area contributed by atoms with Crippen LogP contribution in [0.15, 0.2) is 48.5 Å². The monoisotopic (exact) mass is 354 g/mol. The summed E-state index contributed by atoms with van der Waals surface area (Å²) < 4.78 is 5.69. The van der Waals surface area contributed by atoms with Gasteiger partial charge in [-0.15, -0.1) is 0 Å². The molecule has 0 spiro atoms. The quantitative estimate of drug-likeness (QED) is 0.843. The third-order valence-corrected chi connectivity index (χ3v) is 4.54. The summed E-state index contributed by atoms with van der Waals surface area (Å²) in [5, 5.41) is 12.6. The molecule has 0 aliphatic heterocycles. The maximum absolute atomic E-state index is 12.5. The molecular formula is C20H19ClN2O2. The molecule has 128 valence electrons. The molecule has 0 heterocycles. The number of nitriles is 1. The first-order valence-electron chi connectivity index (χ1n) is 8.29. The molecule has 1 aliphatic rings. The summed E-state index contributed by atoms with van der Waals surface area (Å²) in [4.78, 5) is 12.5. The average Bonchev–Trinajstić information content (AvgIpc) is 3.46. The van der Waals surface area contributed by atoms with Crippen molar-refractivity contribution in [3.05, 3.63) is 64.7 Å². The van der Waals surface area contributed by atoms with E-state index in [1.54, 1.807) is 31.2 Å². The van der Waals surface area contributed by atoms with Crippen molar-refractivity contribution < 1.29 is 9.53 Å². The fourth-order valence-electron chi connectivity index (χ4n) is 2.71. The van der Waals surface area contributed by atoms with Gasteiger partial charge in [0.1, 0.15) is 5.75 Å². The van der Waals surface area contributed by atoms with Crippen LogP contribution in [0.5, 0.6) is 5.75 Å². The molecule has 1 saturated carbocycles. The highest BCUT2D eigenvalue weighted by Crippen LogP contribution is 2.41. The first-order valence-corrected chi connectivity index (χ1v) is 8.67. The van der Waals surface area contributed by atoms with E-state index >= 15 is 0 Å². The zero-order valence-electron chi connectivity index (χ0n) is 13.9. The van der Waals surface area contributed by atoms with Gasteiger partial charge in [0.2, 0.25) is 0 Å². The molecule has 0 bridgehead atoms. The molecule has 0 radical (unpaired) electrons. The molecule has 2 unspecified atom stereocenters. The van der Waals surface area contributed by atoms with E-state index in [2.05, 4.69) is 11.4 Å². The first kappa shape index (κ1) is 17.3. The second-order valence-corrected chi connectivity index (χ2v) is 6.71. The van der Waals surface area contributed by atoms with Crippen molar-refractivity contribution in [2.45, 2.75) is 31.9 Å². The Labute approximate surface area is 152 Å². The lowest BCUT2D eigenvalue weighted by molar-refractivity contribution is -0.128. The van der Waals surface area contributed by atoms with Crippen LogP contribution in [0.1, 0.15) is 36.9 Å². The van der Waals surface area contributed by atoms with E-state index in [4.69, 9.17) is 21.6 Å². The number of halogens is 1. The van der Waals surface area contributed by atoms with Gasteiger partial charge >= 0.3 is 0 Å². The molecule has 4 nitrogen and oxygen atoms in total. The van der Waals surface area contributed by atoms with Crippen molar-refractivity contribution in [1.29, 1.82) is 5.26 Å². The minimum atomic E-state index is -0.624. The molecule has 3 rings (SSSR count). The molecular weight excluding hydrogens is 336 g/mol. The molecule has 2 aromatic rings. The summed E-state index contributed by atoms with van der Waals surface area (Å²) in [5.74, 6) is 0.875. The third-order valence-electron chi connectivity index (χ3n) is 4.29. The summed E-state index contributed by atoms with van der Waals surface area (Å²) in [6, 6.07) is 16.4. The molecule has 5 heteroatoms. The molecule has 2 atom stereocenters. The Kier molecular flexibility index (Phi) is 5.25. The summed E-state index contributed by atoms with van der Waals surface area (Å²) in [6.45, 7) is 1.72. The minimum Gasteiger partial charge on any atom is -0.481 e. The van der Waals surface area contributed by atoms with Crippen molar-refractivity contribution in [2.75, 3.05) is 0 Å². The number of hydrogen-bond acceptors (Lipinski definition) is 3. The van der Waals surface area contributed by atoms with E-state index in [0.717, 1.165) is 18.4 Å². The van der Waals surface area contributed by atoms with Crippen LogP contribution in [0.4, 0.5) is 0 Å². The average molecular weight is 355 g/mol. The van der Waals surface area contributed by atoms with Gasteiger partial charge in [0.15, 0.2) is 6.10 Å². The minimum absolute atomic E-state index is 0.0169. The van der Waals surface area contributed by atoms with Gasteiger partial charge in [0.05, 0.1) is 17.7 Å². The van der Waals surface area contributed by atoms with Gasteiger partial charge in [-0.1, -0.05) is 23.7 Å². The van der Waals surface area contributed by atoms with Gasteiger partial charge in [-0.25, -0.2) is 0 Å². The van der Waals surface area contributed by atoms with E-state index in [0.29, 0.717) is 22.3 Å². The fraction of sp³-hybridized carbons (Fsp3) is 0.300. The van der Waals surface area contributed by atoms with Crippen LogP contribution in [-0.2, 0) is 4.79 Å². The number of nitrogens with zero attached hydrogens (tertiary/aromatic N) is 1. The van der Waals surface area contributed by atoms with E-state index in [1.807, 2.05) is 24.3 Å². The summed E-state index contributed by atoms with van der Waals surface area (Å²) >= 11 is 5.95. The predicted molar refractivity (Wildman–Crippen MR) is 96.3 cm³/mol. The lowest BCUT2D eigenvalue weighted by Crippen LogP contribution is -2.39. The highest BCUT2D eigenvalue weighted by molar-refractivity contribution is 6.30. The topological polar surface area (TPSA) is 62.1 Å². The van der Waals surface area contributed by atoms with Gasteiger partial charge in [-0.3, -0.25) is 4.79 Å². The van der Waals surface area contributed by atoms with E-state index in [-0.39, 0.29) is 11.9 Å². The van der Waals surface area contributed by atoms with Crippen molar-refractivity contribution in [3.8, 4) is 11.8 Å². The number of benzene rings is 2. The van der Waals surface area contributed by atoms with Gasteiger partial charge in [0.25, 0.3) is 5.91 Å². The Morgan fingerprint density at radius 3 is 2.40 bits per heavy atom. The number of nitrogens with one attached hydrogen (secondary N) is 1. The number of amides is 1. The molecule has 0 aromatic heterocycles. The Morgan fingerprint density at radius 2 is 1.84 bits per heavy atom. The number of rotatable bonds is 6. The first-order chi connectivity index (χ1) is 12.1. The normalized spacial score (nSPS) is 15.7. The highest BCUT2D eigenvalue weighted by Gasteiger charge is 2.34. The fourth-order valence-corrected chi connectivity index (χ4v) is 2.84. The van der Waals surface area contributed by atoms with Crippen LogP contribution >= 0.6 is 11.6 Å². The number of carbonyl (C=O) groups excluding carboxylic acids is 1. The van der Waals surface area contributed by atoms with Crippen LogP contribution < -0.4 is 10.1 Å². The zero-order chi connectivity index (χ0) is 17.8. The number of hydrogen-bond donors (Lipinski definition) is 1. The second kappa shape index (κ2) is 7.58. The Balaban J connectivity index is 1.64. The lowest BCUT2D eigenvalue weighted by atomic mass is 10.0. The van der Waals surface area contributed by atoms with Crippen molar-refractivity contribution in [1.82, 2.24) is 5.32 Å². The standard InChI is InChI=1S/C20H19ClN2O2/c1-13(25-18-10-2-14(12-22)3-11-18)20(24)23-19(15-4-5-15)16-6-8-17(21)9-7-16/h2-3,6-11,13,15,19H,4-5H2,1H3,(H,23,24). The van der Waals surface area contributed by atoms with Crippen molar-refractivity contribution in [3.63, 3.8) is 0 Å². The van der Waals surface area contributed by atoms with Gasteiger partial charge in [-0.05, 0) is 67.6 Å². The van der Waals surface area contributed by atoms with Crippen LogP contribution in [-0.4, -0.2) is 12.0 Å². The third kappa shape index (κ3) is 4.52. The summed E-state index contributed by atoms with van der Waals surface area (Å²) in [6.07, 6.45) is 1.60. The van der Waals surface area contributed by atoms with Crippen LogP contribution in [0.2, 0.25) is 5.02 Å². The molecule has 1 fully saturated rings. The molecule has 0 saturated heterocycles. The van der Waals surface area contributed by atoms with Crippen LogP contribution in [0.25, 0.3) is 0 Å². The largest absolute Gasteiger partial charge is 0.481 e. The maximum Gasteiger partial charge on any atom is 0.261 e. The van der Waals surface area contributed by atoms with E-state index in [9.17, 15) is 4.79 Å². The van der Waals surface area contributed by atoms with Crippen LogP contribution in [0, 0.1) is 17.2 Å². The highest BCUT2D eigenvalue weighted by atomic mass is 35.5. The van der Waals surface area contributed by atoms with E-state index < -0.39 is 6.10 Å². The Bertz CT molecular complexity index is 777. The molecule has 1 amide bonds. The molecule has 2 aromatic carbocycles. The SMILES string of the molecule is CC(Oc1ccc(C#N)cc1)C(=O)NC(c1ccc(Cl)cc1)C1CC1. The smallest absolute Gasteiger partial charge is 0.261 e. The number of ether oxygens (including phenoxy) is 1. The van der Waals surface area contributed by atoms with E-state index in [1.165, 1.54) is 0 Å². The molecule has 1 aliphatic carbocycles. The summed E-state index contributed by atoms with van der Waals surface area (Å²) in [7, 11) is 0. The summed E-state index contributed by atoms with van der Waals surface area (Å²) in [5.41, 5.74) is 1.62. The van der Waals surface area contributed by atoms with Gasteiger partial charge in [0, 0.05) is 5.02 Å². The van der Waals surface area contributed by atoms with Gasteiger partial charge in [-0.2, -0.15) is 5.26 Å². The van der Waals surface area contributed by atoms with Crippen molar-refractivity contribution >= 4 is 17.5 Å². The van der Waals surface area contributed by atoms with Crippen molar-refractivity contribution in [2.24, 2.45) is 5.92 Å². The van der Waals surface area contributed by atoms with Crippen LogP contribution in [0.3, 0.4) is 0 Å². The number of carbonyl (C=O) groups is 1. The maximum atomic E-state index is 12.5.